The lowest BCUT2D eigenvalue weighted by Gasteiger charge is -2.17. The van der Waals surface area contributed by atoms with Crippen LogP contribution in [0.25, 0.3) is 0 Å². The smallest absolute Gasteiger partial charge is 0.265 e. The summed E-state index contributed by atoms with van der Waals surface area (Å²) in [4.78, 5) is 24.5. The standard InChI is InChI=1S/C20H24N2O3/c1-4-18(25-17-11-6-5-7-12-17)20(24)22-16-10-8-9-15(13-16)19(23)21-14(2)3/h5-14,18H,4H2,1-3H3,(H,21,23)(H,22,24). The minimum atomic E-state index is -0.601. The second-order valence-electron chi connectivity index (χ2n) is 6.03. The Morgan fingerprint density at radius 2 is 1.76 bits per heavy atom. The van der Waals surface area contributed by atoms with Crippen molar-refractivity contribution < 1.29 is 14.3 Å². The molecule has 2 rings (SSSR count). The van der Waals surface area contributed by atoms with Crippen LogP contribution in [0.4, 0.5) is 5.69 Å². The van der Waals surface area contributed by atoms with Gasteiger partial charge in [0.2, 0.25) is 0 Å². The van der Waals surface area contributed by atoms with E-state index >= 15 is 0 Å². The van der Waals surface area contributed by atoms with Crippen LogP contribution in [0, 0.1) is 0 Å². The van der Waals surface area contributed by atoms with Gasteiger partial charge < -0.3 is 15.4 Å². The molecular weight excluding hydrogens is 316 g/mol. The van der Waals surface area contributed by atoms with Crippen LogP contribution in [0.15, 0.2) is 54.6 Å². The zero-order valence-electron chi connectivity index (χ0n) is 14.8. The van der Waals surface area contributed by atoms with Gasteiger partial charge in [-0.05, 0) is 50.6 Å². The third-order valence-corrected chi connectivity index (χ3v) is 3.50. The Bertz CT molecular complexity index is 714. The largest absolute Gasteiger partial charge is 0.481 e. The van der Waals surface area contributed by atoms with E-state index in [1.54, 1.807) is 24.3 Å². The molecule has 0 saturated carbocycles. The van der Waals surface area contributed by atoms with E-state index in [2.05, 4.69) is 10.6 Å². The number of para-hydroxylation sites is 1. The van der Waals surface area contributed by atoms with Gasteiger partial charge in [-0.15, -0.1) is 0 Å². The van der Waals surface area contributed by atoms with Gasteiger partial charge in [-0.3, -0.25) is 9.59 Å². The van der Waals surface area contributed by atoms with Crippen molar-refractivity contribution in [3.63, 3.8) is 0 Å². The highest BCUT2D eigenvalue weighted by molar-refractivity contribution is 5.98. The molecule has 2 aromatic carbocycles. The van der Waals surface area contributed by atoms with Gasteiger partial charge in [-0.1, -0.05) is 31.2 Å². The normalized spacial score (nSPS) is 11.7. The molecule has 0 bridgehead atoms. The first-order chi connectivity index (χ1) is 12.0. The van der Waals surface area contributed by atoms with Crippen LogP contribution in [-0.2, 0) is 4.79 Å². The second kappa shape index (κ2) is 8.87. The lowest BCUT2D eigenvalue weighted by Crippen LogP contribution is -2.32. The molecule has 0 heterocycles. The first-order valence-corrected chi connectivity index (χ1v) is 8.43. The fourth-order valence-corrected chi connectivity index (χ4v) is 2.29. The van der Waals surface area contributed by atoms with Gasteiger partial charge in [-0.25, -0.2) is 0 Å². The molecular formula is C20H24N2O3. The molecule has 0 aliphatic rings. The maximum atomic E-state index is 12.5. The minimum absolute atomic E-state index is 0.0505. The Hall–Kier alpha value is -2.82. The molecule has 2 amide bonds. The van der Waals surface area contributed by atoms with Gasteiger partial charge >= 0.3 is 0 Å². The molecule has 2 N–H and O–H groups in total. The number of rotatable bonds is 7. The zero-order chi connectivity index (χ0) is 18.2. The van der Waals surface area contributed by atoms with Crippen LogP contribution < -0.4 is 15.4 Å². The van der Waals surface area contributed by atoms with E-state index in [0.717, 1.165) is 0 Å². The van der Waals surface area contributed by atoms with Crippen molar-refractivity contribution in [2.24, 2.45) is 0 Å². The molecule has 2 aromatic rings. The van der Waals surface area contributed by atoms with Crippen LogP contribution in [0.3, 0.4) is 0 Å². The molecule has 25 heavy (non-hydrogen) atoms. The molecule has 1 atom stereocenters. The predicted octanol–water partition coefficient (Wildman–Crippen LogP) is 3.62. The molecule has 5 nitrogen and oxygen atoms in total. The molecule has 0 radical (unpaired) electrons. The fraction of sp³-hybridized carbons (Fsp3) is 0.300. The molecule has 5 heteroatoms. The van der Waals surface area contributed by atoms with Gasteiger partial charge in [-0.2, -0.15) is 0 Å². The quantitative estimate of drug-likeness (QED) is 0.809. The number of ether oxygens (including phenoxy) is 1. The first-order valence-electron chi connectivity index (χ1n) is 8.43. The van der Waals surface area contributed by atoms with Crippen LogP contribution in [-0.4, -0.2) is 24.0 Å². The molecule has 132 valence electrons. The third kappa shape index (κ3) is 5.64. The maximum Gasteiger partial charge on any atom is 0.265 e. The third-order valence-electron chi connectivity index (χ3n) is 3.50. The van der Waals surface area contributed by atoms with Crippen molar-refractivity contribution in [2.75, 3.05) is 5.32 Å². The average Bonchev–Trinajstić information content (AvgIpc) is 2.60. The highest BCUT2D eigenvalue weighted by atomic mass is 16.5. The number of carbonyl (C=O) groups excluding carboxylic acids is 2. The van der Waals surface area contributed by atoms with Crippen LogP contribution in [0.5, 0.6) is 5.75 Å². The van der Waals surface area contributed by atoms with E-state index < -0.39 is 6.10 Å². The Morgan fingerprint density at radius 1 is 1.04 bits per heavy atom. The van der Waals surface area contributed by atoms with Crippen molar-refractivity contribution in [3.05, 3.63) is 60.2 Å². The van der Waals surface area contributed by atoms with E-state index in [0.29, 0.717) is 23.4 Å². The Morgan fingerprint density at radius 3 is 2.40 bits per heavy atom. The van der Waals surface area contributed by atoms with Gasteiger partial charge in [0.25, 0.3) is 11.8 Å². The summed E-state index contributed by atoms with van der Waals surface area (Å²) in [6, 6.07) is 16.1. The second-order valence-corrected chi connectivity index (χ2v) is 6.03. The Balaban J connectivity index is 2.04. The van der Waals surface area contributed by atoms with Crippen molar-refractivity contribution in [1.29, 1.82) is 0 Å². The Labute approximate surface area is 148 Å². The van der Waals surface area contributed by atoms with Gasteiger partial charge in [0.05, 0.1) is 0 Å². The summed E-state index contributed by atoms with van der Waals surface area (Å²) in [5.74, 6) is 0.237. The lowest BCUT2D eigenvalue weighted by molar-refractivity contribution is -0.122. The van der Waals surface area contributed by atoms with Crippen molar-refractivity contribution in [2.45, 2.75) is 39.3 Å². The van der Waals surface area contributed by atoms with Crippen molar-refractivity contribution in [3.8, 4) is 5.75 Å². The van der Waals surface area contributed by atoms with Gasteiger partial charge in [0.1, 0.15) is 5.75 Å². The average molecular weight is 340 g/mol. The topological polar surface area (TPSA) is 67.4 Å². The molecule has 1 unspecified atom stereocenters. The summed E-state index contributed by atoms with van der Waals surface area (Å²) in [7, 11) is 0. The van der Waals surface area contributed by atoms with E-state index in [-0.39, 0.29) is 17.9 Å². The highest BCUT2D eigenvalue weighted by Crippen LogP contribution is 2.15. The van der Waals surface area contributed by atoms with Gasteiger partial charge in [0.15, 0.2) is 6.10 Å². The first kappa shape index (κ1) is 18.5. The summed E-state index contributed by atoms with van der Waals surface area (Å²) in [6.45, 7) is 5.69. The number of amides is 2. The number of anilines is 1. The Kier molecular flexibility index (Phi) is 6.57. The number of benzene rings is 2. The highest BCUT2D eigenvalue weighted by Gasteiger charge is 2.19. The van der Waals surface area contributed by atoms with E-state index in [1.807, 2.05) is 51.1 Å². The number of hydrogen-bond donors (Lipinski definition) is 2. The predicted molar refractivity (Wildman–Crippen MR) is 98.8 cm³/mol. The number of carbonyl (C=O) groups is 2. The fourth-order valence-electron chi connectivity index (χ4n) is 2.29. The monoisotopic (exact) mass is 340 g/mol. The van der Waals surface area contributed by atoms with Crippen LogP contribution >= 0.6 is 0 Å². The summed E-state index contributed by atoms with van der Waals surface area (Å²) < 4.78 is 5.74. The van der Waals surface area contributed by atoms with E-state index in [1.165, 1.54) is 0 Å². The van der Waals surface area contributed by atoms with Crippen LogP contribution in [0.1, 0.15) is 37.6 Å². The summed E-state index contributed by atoms with van der Waals surface area (Å²) in [6.07, 6.45) is -0.0654. The zero-order valence-corrected chi connectivity index (χ0v) is 14.8. The van der Waals surface area contributed by atoms with Crippen molar-refractivity contribution in [1.82, 2.24) is 5.32 Å². The summed E-state index contributed by atoms with van der Waals surface area (Å²) in [5, 5.41) is 5.65. The minimum Gasteiger partial charge on any atom is -0.481 e. The maximum absolute atomic E-state index is 12.5. The molecule has 0 aliphatic carbocycles. The number of hydrogen-bond acceptors (Lipinski definition) is 3. The summed E-state index contributed by atoms with van der Waals surface area (Å²) in [5.41, 5.74) is 1.07. The molecule has 0 fully saturated rings. The lowest BCUT2D eigenvalue weighted by atomic mass is 10.1. The van der Waals surface area contributed by atoms with Crippen LogP contribution in [0.2, 0.25) is 0 Å². The molecule has 0 aliphatic heterocycles. The van der Waals surface area contributed by atoms with Crippen molar-refractivity contribution >= 4 is 17.5 Å². The SMILES string of the molecule is CCC(Oc1ccccc1)C(=O)Nc1cccc(C(=O)NC(C)C)c1. The number of nitrogens with one attached hydrogen (secondary N) is 2. The van der Waals surface area contributed by atoms with Gasteiger partial charge in [0, 0.05) is 17.3 Å². The summed E-state index contributed by atoms with van der Waals surface area (Å²) >= 11 is 0. The molecule has 0 spiro atoms. The molecule has 0 aromatic heterocycles. The van der Waals surface area contributed by atoms with E-state index in [4.69, 9.17) is 4.74 Å². The molecule has 0 saturated heterocycles. The van der Waals surface area contributed by atoms with E-state index in [9.17, 15) is 9.59 Å².